The van der Waals surface area contributed by atoms with Crippen LogP contribution in [0.5, 0.6) is 5.75 Å². The molecule has 0 aliphatic rings. The summed E-state index contributed by atoms with van der Waals surface area (Å²) in [6.07, 6.45) is 3.30. The second-order valence-corrected chi connectivity index (χ2v) is 6.67. The molecule has 1 rings (SSSR count). The van der Waals surface area contributed by atoms with Gasteiger partial charge < -0.3 is 15.2 Å². The van der Waals surface area contributed by atoms with E-state index in [4.69, 9.17) is 4.74 Å². The minimum Gasteiger partial charge on any atom is -0.494 e. The highest BCUT2D eigenvalue weighted by Gasteiger charge is 2.19. The van der Waals surface area contributed by atoms with Crippen LogP contribution in [0, 0.1) is 5.92 Å². The van der Waals surface area contributed by atoms with Gasteiger partial charge in [0.15, 0.2) is 0 Å². The van der Waals surface area contributed by atoms with E-state index in [-0.39, 0.29) is 11.8 Å². The smallest absolute Gasteiger partial charge is 0.226 e. The molecule has 1 aromatic rings. The molecule has 0 aliphatic carbocycles. The Morgan fingerprint density at radius 2 is 2.09 bits per heavy atom. The summed E-state index contributed by atoms with van der Waals surface area (Å²) < 4.78 is 5.41. The molecule has 0 saturated heterocycles. The number of carbonyl (C=O) groups is 1. The number of carbonyl (C=O) groups excluding carboxylic acids is 1. The lowest BCUT2D eigenvalue weighted by atomic mass is 10.00. The van der Waals surface area contributed by atoms with Crippen molar-refractivity contribution in [3.8, 4) is 5.75 Å². The van der Waals surface area contributed by atoms with Gasteiger partial charge in [-0.3, -0.25) is 4.79 Å². The number of nitrogens with one attached hydrogen (secondary N) is 1. The minimum atomic E-state index is -0.780. The molecular formula is C17H27NO3S2. The summed E-state index contributed by atoms with van der Waals surface area (Å²) in [6, 6.07) is 7.74. The van der Waals surface area contributed by atoms with E-state index >= 15 is 0 Å². The first-order chi connectivity index (χ1) is 11.1. The van der Waals surface area contributed by atoms with Gasteiger partial charge in [0.25, 0.3) is 0 Å². The number of benzene rings is 1. The van der Waals surface area contributed by atoms with Gasteiger partial charge in [0.1, 0.15) is 12.0 Å². The van der Waals surface area contributed by atoms with Gasteiger partial charge in [-0.15, -0.1) is 0 Å². The molecular weight excluding hydrogens is 330 g/mol. The first-order valence-corrected chi connectivity index (χ1v) is 9.93. The number of aliphatic hydroxyl groups is 1. The van der Waals surface area contributed by atoms with Crippen LogP contribution in [0.3, 0.4) is 0 Å². The molecule has 0 aromatic heterocycles. The molecule has 1 aromatic carbocycles. The number of thiol groups is 1. The van der Waals surface area contributed by atoms with Crippen molar-refractivity contribution in [2.75, 3.05) is 24.4 Å². The predicted molar refractivity (Wildman–Crippen MR) is 100 cm³/mol. The number of thioether (sulfide) groups is 1. The van der Waals surface area contributed by atoms with E-state index in [0.29, 0.717) is 25.2 Å². The summed E-state index contributed by atoms with van der Waals surface area (Å²) in [4.78, 5) is 12.2. The van der Waals surface area contributed by atoms with Crippen LogP contribution in [-0.4, -0.2) is 41.6 Å². The third kappa shape index (κ3) is 7.99. The monoisotopic (exact) mass is 357 g/mol. The highest BCUT2D eigenvalue weighted by Crippen LogP contribution is 2.16. The number of amides is 1. The lowest BCUT2D eigenvalue weighted by Crippen LogP contribution is -2.40. The van der Waals surface area contributed by atoms with Gasteiger partial charge in [0.2, 0.25) is 5.91 Å². The van der Waals surface area contributed by atoms with E-state index < -0.39 is 6.23 Å². The molecule has 0 spiro atoms. The SMILES string of the molecule is CCOc1ccc(CC(CS)C(=O)NC(O)CCCSC)cc1. The van der Waals surface area contributed by atoms with E-state index in [1.165, 1.54) is 0 Å². The fraction of sp³-hybridized carbons (Fsp3) is 0.588. The normalized spacial score (nSPS) is 13.4. The zero-order chi connectivity index (χ0) is 17.1. The van der Waals surface area contributed by atoms with Gasteiger partial charge in [-0.25, -0.2) is 0 Å². The van der Waals surface area contributed by atoms with Gasteiger partial charge in [-0.05, 0) is 55.9 Å². The van der Waals surface area contributed by atoms with Crippen molar-refractivity contribution < 1.29 is 14.6 Å². The highest BCUT2D eigenvalue weighted by atomic mass is 32.2. The van der Waals surface area contributed by atoms with Gasteiger partial charge in [0.05, 0.1) is 12.5 Å². The molecule has 0 radical (unpaired) electrons. The summed E-state index contributed by atoms with van der Waals surface area (Å²) in [6.45, 7) is 2.58. The van der Waals surface area contributed by atoms with Gasteiger partial charge in [-0.2, -0.15) is 24.4 Å². The number of aliphatic hydroxyl groups excluding tert-OH is 1. The van der Waals surface area contributed by atoms with Gasteiger partial charge in [0, 0.05) is 5.75 Å². The van der Waals surface area contributed by atoms with E-state index in [1.54, 1.807) is 11.8 Å². The first-order valence-electron chi connectivity index (χ1n) is 7.90. The highest BCUT2D eigenvalue weighted by molar-refractivity contribution is 7.98. The molecule has 2 unspecified atom stereocenters. The van der Waals surface area contributed by atoms with E-state index in [9.17, 15) is 9.90 Å². The largest absolute Gasteiger partial charge is 0.494 e. The first kappa shape index (κ1) is 20.2. The molecule has 0 heterocycles. The van der Waals surface area contributed by atoms with Crippen LogP contribution in [0.25, 0.3) is 0 Å². The average molecular weight is 358 g/mol. The summed E-state index contributed by atoms with van der Waals surface area (Å²) in [5.41, 5.74) is 1.06. The maximum absolute atomic E-state index is 12.2. The van der Waals surface area contributed by atoms with E-state index in [0.717, 1.165) is 23.5 Å². The van der Waals surface area contributed by atoms with Crippen LogP contribution < -0.4 is 10.1 Å². The fourth-order valence-electron chi connectivity index (χ4n) is 2.19. The Balaban J connectivity index is 2.49. The van der Waals surface area contributed by atoms with Crippen molar-refractivity contribution in [3.05, 3.63) is 29.8 Å². The quantitative estimate of drug-likeness (QED) is 0.324. The number of ether oxygens (including phenoxy) is 1. The van der Waals surface area contributed by atoms with Crippen molar-refractivity contribution >= 4 is 30.3 Å². The van der Waals surface area contributed by atoms with Crippen molar-refractivity contribution in [2.24, 2.45) is 5.92 Å². The molecule has 130 valence electrons. The fourth-order valence-corrected chi connectivity index (χ4v) is 2.94. The zero-order valence-corrected chi connectivity index (χ0v) is 15.5. The standard InChI is InChI=1S/C17H27NO3S2/c1-3-21-15-8-6-13(7-9-15)11-14(12-22)17(20)18-16(19)5-4-10-23-2/h6-9,14,16,19,22H,3-5,10-12H2,1-2H3,(H,18,20). The van der Waals surface area contributed by atoms with Crippen molar-refractivity contribution in [2.45, 2.75) is 32.4 Å². The van der Waals surface area contributed by atoms with Crippen LogP contribution in [-0.2, 0) is 11.2 Å². The predicted octanol–water partition coefficient (Wildman–Crippen LogP) is 2.75. The lowest BCUT2D eigenvalue weighted by Gasteiger charge is -2.18. The topological polar surface area (TPSA) is 58.6 Å². The second kappa shape index (κ2) is 11.6. The number of hydrogen-bond donors (Lipinski definition) is 3. The van der Waals surface area contributed by atoms with Crippen LogP contribution >= 0.6 is 24.4 Å². The van der Waals surface area contributed by atoms with Crippen LogP contribution in [0.1, 0.15) is 25.3 Å². The summed E-state index contributed by atoms with van der Waals surface area (Å²) in [5.74, 6) is 1.84. The molecule has 4 nitrogen and oxygen atoms in total. The number of hydrogen-bond acceptors (Lipinski definition) is 5. The van der Waals surface area contributed by atoms with Gasteiger partial charge in [-0.1, -0.05) is 12.1 Å². The minimum absolute atomic E-state index is 0.148. The molecule has 0 saturated carbocycles. The summed E-state index contributed by atoms with van der Waals surface area (Å²) in [5, 5.41) is 12.5. The molecule has 0 bridgehead atoms. The maximum atomic E-state index is 12.2. The molecule has 1 amide bonds. The molecule has 0 aliphatic heterocycles. The molecule has 2 N–H and O–H groups in total. The Bertz CT molecular complexity index is 454. The van der Waals surface area contributed by atoms with Crippen molar-refractivity contribution in [1.29, 1.82) is 0 Å². The Morgan fingerprint density at radius 1 is 1.39 bits per heavy atom. The Morgan fingerprint density at radius 3 is 2.65 bits per heavy atom. The molecule has 23 heavy (non-hydrogen) atoms. The van der Waals surface area contributed by atoms with Crippen LogP contribution in [0.2, 0.25) is 0 Å². The molecule has 6 heteroatoms. The third-order valence-electron chi connectivity index (χ3n) is 3.44. The Labute approximate surface area is 148 Å². The maximum Gasteiger partial charge on any atom is 0.226 e. The summed E-state index contributed by atoms with van der Waals surface area (Å²) >= 11 is 6.01. The average Bonchev–Trinajstić information content (AvgIpc) is 2.54. The van der Waals surface area contributed by atoms with Crippen molar-refractivity contribution in [3.63, 3.8) is 0 Å². The Hall–Kier alpha value is -0.850. The summed E-state index contributed by atoms with van der Waals surface area (Å²) in [7, 11) is 0. The number of rotatable bonds is 11. The van der Waals surface area contributed by atoms with Gasteiger partial charge >= 0.3 is 0 Å². The molecule has 2 atom stereocenters. The van der Waals surface area contributed by atoms with E-state index in [1.807, 2.05) is 37.4 Å². The van der Waals surface area contributed by atoms with Crippen molar-refractivity contribution in [1.82, 2.24) is 5.32 Å². The van der Waals surface area contributed by atoms with E-state index in [2.05, 4.69) is 17.9 Å². The lowest BCUT2D eigenvalue weighted by molar-refractivity contribution is -0.127. The van der Waals surface area contributed by atoms with Crippen LogP contribution in [0.4, 0.5) is 0 Å². The second-order valence-electron chi connectivity index (χ2n) is 5.32. The third-order valence-corrected chi connectivity index (χ3v) is 4.58. The molecule has 0 fully saturated rings. The zero-order valence-electron chi connectivity index (χ0n) is 13.8. The van der Waals surface area contributed by atoms with Crippen LogP contribution in [0.15, 0.2) is 24.3 Å². The Kier molecular flexibility index (Phi) is 10.2.